The van der Waals surface area contributed by atoms with Crippen LogP contribution in [0.25, 0.3) is 0 Å². The van der Waals surface area contributed by atoms with E-state index in [0.717, 1.165) is 30.8 Å². The molecule has 0 aromatic carbocycles. The average molecular weight is 219 g/mol. The summed E-state index contributed by atoms with van der Waals surface area (Å²) in [5, 5.41) is 0. The van der Waals surface area contributed by atoms with Gasteiger partial charge in [-0.05, 0) is 25.0 Å². The van der Waals surface area contributed by atoms with Crippen molar-refractivity contribution in [1.29, 1.82) is 0 Å². The molecular formula is C12H17N3O. The van der Waals surface area contributed by atoms with Gasteiger partial charge < -0.3 is 10.6 Å². The van der Waals surface area contributed by atoms with Gasteiger partial charge in [0.2, 0.25) is 5.91 Å². The highest BCUT2D eigenvalue weighted by Crippen LogP contribution is 2.13. The van der Waals surface area contributed by atoms with Gasteiger partial charge >= 0.3 is 0 Å². The Hall–Kier alpha value is -1.42. The number of piperidine rings is 1. The first kappa shape index (κ1) is 11.1. The van der Waals surface area contributed by atoms with Crippen LogP contribution >= 0.6 is 0 Å². The molecule has 1 aliphatic rings. The fourth-order valence-electron chi connectivity index (χ4n) is 1.96. The van der Waals surface area contributed by atoms with Crippen LogP contribution in [0.3, 0.4) is 0 Å². The topological polar surface area (TPSA) is 59.2 Å². The largest absolute Gasteiger partial charge is 0.337 e. The van der Waals surface area contributed by atoms with E-state index in [1.807, 2.05) is 23.1 Å². The quantitative estimate of drug-likeness (QED) is 0.826. The van der Waals surface area contributed by atoms with Crippen LogP contribution < -0.4 is 5.73 Å². The molecule has 16 heavy (non-hydrogen) atoms. The Morgan fingerprint density at radius 1 is 1.31 bits per heavy atom. The minimum atomic E-state index is 0.242. The number of carbonyl (C=O) groups excluding carboxylic acids is 1. The zero-order chi connectivity index (χ0) is 11.4. The molecule has 0 saturated carbocycles. The predicted octanol–water partition coefficient (Wildman–Crippen LogP) is 1.05. The van der Waals surface area contributed by atoms with Gasteiger partial charge in [-0.25, -0.2) is 0 Å². The summed E-state index contributed by atoms with van der Waals surface area (Å²) in [6.45, 7) is 1.92. The molecule has 0 atom stereocenters. The first-order valence-electron chi connectivity index (χ1n) is 5.72. The van der Waals surface area contributed by atoms with E-state index in [1.54, 1.807) is 0 Å². The van der Waals surface area contributed by atoms with Crippen LogP contribution in [-0.4, -0.2) is 22.3 Å². The van der Waals surface area contributed by atoms with Crippen molar-refractivity contribution in [2.45, 2.75) is 32.4 Å². The number of pyridine rings is 1. The lowest BCUT2D eigenvalue weighted by molar-refractivity contribution is -0.133. The van der Waals surface area contributed by atoms with E-state index < -0.39 is 0 Å². The molecule has 1 aromatic heterocycles. The number of hydrogen-bond acceptors (Lipinski definition) is 3. The number of carbonyl (C=O) groups is 1. The van der Waals surface area contributed by atoms with Crippen molar-refractivity contribution in [3.05, 3.63) is 29.6 Å². The van der Waals surface area contributed by atoms with Crippen LogP contribution in [0.4, 0.5) is 0 Å². The van der Waals surface area contributed by atoms with Gasteiger partial charge in [0, 0.05) is 19.5 Å². The van der Waals surface area contributed by atoms with E-state index in [-0.39, 0.29) is 5.91 Å². The van der Waals surface area contributed by atoms with Gasteiger partial charge in [-0.3, -0.25) is 9.78 Å². The predicted molar refractivity (Wildman–Crippen MR) is 61.4 cm³/mol. The number of nitrogens with zero attached hydrogens (tertiary/aromatic N) is 2. The third kappa shape index (κ3) is 2.58. The number of amides is 1. The molecule has 4 heteroatoms. The van der Waals surface area contributed by atoms with Crippen molar-refractivity contribution in [1.82, 2.24) is 9.88 Å². The van der Waals surface area contributed by atoms with Gasteiger partial charge in [0.25, 0.3) is 0 Å². The minimum Gasteiger partial charge on any atom is -0.337 e. The SMILES string of the molecule is NCc1cccc(CN2CCCCC2=O)n1. The lowest BCUT2D eigenvalue weighted by Gasteiger charge is -2.26. The van der Waals surface area contributed by atoms with Crippen molar-refractivity contribution < 1.29 is 4.79 Å². The molecule has 2 N–H and O–H groups in total. The monoisotopic (exact) mass is 219 g/mol. The van der Waals surface area contributed by atoms with Gasteiger partial charge in [0.1, 0.15) is 0 Å². The van der Waals surface area contributed by atoms with E-state index in [1.165, 1.54) is 0 Å². The molecule has 1 aromatic rings. The van der Waals surface area contributed by atoms with Crippen LogP contribution in [0, 0.1) is 0 Å². The molecule has 86 valence electrons. The average Bonchev–Trinajstić information content (AvgIpc) is 2.32. The summed E-state index contributed by atoms with van der Waals surface area (Å²) in [4.78, 5) is 17.9. The normalized spacial score (nSPS) is 16.6. The molecule has 2 rings (SSSR count). The van der Waals surface area contributed by atoms with Crippen LogP contribution in [0.2, 0.25) is 0 Å². The molecule has 1 aliphatic heterocycles. The zero-order valence-corrected chi connectivity index (χ0v) is 9.35. The number of hydrogen-bond donors (Lipinski definition) is 1. The molecular weight excluding hydrogens is 202 g/mol. The third-order valence-electron chi connectivity index (χ3n) is 2.85. The first-order valence-corrected chi connectivity index (χ1v) is 5.72. The molecule has 0 spiro atoms. The maximum atomic E-state index is 11.6. The number of nitrogens with two attached hydrogens (primary N) is 1. The van der Waals surface area contributed by atoms with Gasteiger partial charge in [-0.15, -0.1) is 0 Å². The van der Waals surface area contributed by atoms with E-state index in [9.17, 15) is 4.79 Å². The smallest absolute Gasteiger partial charge is 0.222 e. The molecule has 2 heterocycles. The van der Waals surface area contributed by atoms with E-state index >= 15 is 0 Å². The Labute approximate surface area is 95.5 Å². The molecule has 1 saturated heterocycles. The van der Waals surface area contributed by atoms with Gasteiger partial charge in [0.15, 0.2) is 0 Å². The minimum absolute atomic E-state index is 0.242. The Morgan fingerprint density at radius 3 is 2.88 bits per heavy atom. The lowest BCUT2D eigenvalue weighted by Crippen LogP contribution is -2.34. The summed E-state index contributed by atoms with van der Waals surface area (Å²) in [6.07, 6.45) is 2.80. The lowest BCUT2D eigenvalue weighted by atomic mass is 10.1. The zero-order valence-electron chi connectivity index (χ0n) is 9.35. The Balaban J connectivity index is 2.04. The summed E-state index contributed by atoms with van der Waals surface area (Å²) in [5.41, 5.74) is 7.34. The highest BCUT2D eigenvalue weighted by molar-refractivity contribution is 5.76. The van der Waals surface area contributed by atoms with Crippen molar-refractivity contribution >= 4 is 5.91 Å². The van der Waals surface area contributed by atoms with Gasteiger partial charge in [-0.2, -0.15) is 0 Å². The maximum absolute atomic E-state index is 11.6. The standard InChI is InChI=1S/C12H17N3O/c13-8-10-4-3-5-11(14-10)9-15-7-2-1-6-12(15)16/h3-5H,1-2,6-9,13H2. The summed E-state index contributed by atoms with van der Waals surface area (Å²) < 4.78 is 0. The second kappa shape index (κ2) is 5.07. The molecule has 0 radical (unpaired) electrons. The number of rotatable bonds is 3. The fraction of sp³-hybridized carbons (Fsp3) is 0.500. The Morgan fingerprint density at radius 2 is 2.12 bits per heavy atom. The van der Waals surface area contributed by atoms with E-state index in [0.29, 0.717) is 19.5 Å². The molecule has 0 bridgehead atoms. The summed E-state index contributed by atoms with van der Waals surface area (Å²) in [7, 11) is 0. The number of likely N-dealkylation sites (tertiary alicyclic amines) is 1. The van der Waals surface area contributed by atoms with E-state index in [4.69, 9.17) is 5.73 Å². The molecule has 0 unspecified atom stereocenters. The summed E-state index contributed by atoms with van der Waals surface area (Å²) in [5.74, 6) is 0.242. The van der Waals surface area contributed by atoms with Gasteiger partial charge in [-0.1, -0.05) is 6.07 Å². The molecule has 1 amide bonds. The van der Waals surface area contributed by atoms with E-state index in [2.05, 4.69) is 4.98 Å². The summed E-state index contributed by atoms with van der Waals surface area (Å²) in [6, 6.07) is 5.79. The molecule has 0 aliphatic carbocycles. The van der Waals surface area contributed by atoms with Crippen LogP contribution in [0.5, 0.6) is 0 Å². The first-order chi connectivity index (χ1) is 7.79. The highest BCUT2D eigenvalue weighted by atomic mass is 16.2. The van der Waals surface area contributed by atoms with Crippen molar-refractivity contribution in [2.75, 3.05) is 6.54 Å². The maximum Gasteiger partial charge on any atom is 0.222 e. The third-order valence-corrected chi connectivity index (χ3v) is 2.85. The van der Waals surface area contributed by atoms with Crippen LogP contribution in [-0.2, 0) is 17.9 Å². The second-order valence-electron chi connectivity index (χ2n) is 4.10. The van der Waals surface area contributed by atoms with Crippen LogP contribution in [0.15, 0.2) is 18.2 Å². The number of aromatic nitrogens is 1. The van der Waals surface area contributed by atoms with Crippen molar-refractivity contribution in [2.24, 2.45) is 5.73 Å². The molecule has 4 nitrogen and oxygen atoms in total. The highest BCUT2D eigenvalue weighted by Gasteiger charge is 2.18. The van der Waals surface area contributed by atoms with Crippen molar-refractivity contribution in [3.63, 3.8) is 0 Å². The summed E-state index contributed by atoms with van der Waals surface area (Å²) >= 11 is 0. The Bertz CT molecular complexity index is 378. The van der Waals surface area contributed by atoms with Crippen molar-refractivity contribution in [3.8, 4) is 0 Å². The van der Waals surface area contributed by atoms with Gasteiger partial charge in [0.05, 0.1) is 17.9 Å². The fourth-order valence-corrected chi connectivity index (χ4v) is 1.96. The second-order valence-corrected chi connectivity index (χ2v) is 4.10. The molecule has 1 fully saturated rings. The Kier molecular flexibility index (Phi) is 3.51. The van der Waals surface area contributed by atoms with Crippen LogP contribution in [0.1, 0.15) is 30.7 Å².